The summed E-state index contributed by atoms with van der Waals surface area (Å²) in [5.41, 5.74) is 9.90. The molecule has 0 saturated carbocycles. The quantitative estimate of drug-likeness (QED) is 0.564. The summed E-state index contributed by atoms with van der Waals surface area (Å²) in [6.07, 6.45) is 2.08. The number of nitrogens with two attached hydrogens (primary N) is 1. The summed E-state index contributed by atoms with van der Waals surface area (Å²) >= 11 is 0. The maximum Gasteiger partial charge on any atom is 0.0706 e. The van der Waals surface area contributed by atoms with Gasteiger partial charge in [0.1, 0.15) is 0 Å². The van der Waals surface area contributed by atoms with Gasteiger partial charge in [0.05, 0.1) is 17.8 Å². The van der Waals surface area contributed by atoms with Crippen molar-refractivity contribution in [1.82, 2.24) is 9.55 Å². The monoisotopic (exact) mass is 273 g/mol. The van der Waals surface area contributed by atoms with Crippen molar-refractivity contribution in [2.75, 3.05) is 5.73 Å². The number of anilines is 1. The highest BCUT2D eigenvalue weighted by Gasteiger charge is 2.04. The molecule has 0 saturated heterocycles. The lowest BCUT2D eigenvalue weighted by Crippen LogP contribution is -2.00. The Bertz CT molecular complexity index is 937. The Kier molecular flexibility index (Phi) is 2.64. The van der Waals surface area contributed by atoms with E-state index in [4.69, 9.17) is 10.7 Å². The van der Waals surface area contributed by atoms with E-state index in [1.165, 1.54) is 10.9 Å². The Morgan fingerprint density at radius 1 is 0.905 bits per heavy atom. The molecule has 0 aliphatic carbocycles. The van der Waals surface area contributed by atoms with Gasteiger partial charge in [-0.25, -0.2) is 0 Å². The minimum absolute atomic E-state index is 0.762. The molecule has 0 aliphatic rings. The maximum absolute atomic E-state index is 5.83. The molecule has 2 N–H and O–H groups in total. The minimum Gasteiger partial charge on any atom is -0.399 e. The lowest BCUT2D eigenvalue weighted by molar-refractivity contribution is 0.812. The number of rotatable bonds is 2. The molecule has 3 nitrogen and oxygen atoms in total. The number of hydrogen-bond donors (Lipinski definition) is 1. The summed E-state index contributed by atoms with van der Waals surface area (Å²) < 4.78 is 2.20. The van der Waals surface area contributed by atoms with Gasteiger partial charge in [0.2, 0.25) is 0 Å². The molecule has 4 rings (SSSR count). The Morgan fingerprint density at radius 2 is 1.81 bits per heavy atom. The molecule has 0 fully saturated rings. The standard InChI is InChI=1S/C18H15N3/c19-15-6-8-18-14(11-15)9-10-21(18)12-16-7-5-13-3-1-2-4-17(13)20-16/h1-11H,12,19H2. The van der Waals surface area contributed by atoms with Crippen molar-refractivity contribution in [3.8, 4) is 0 Å². The molecule has 102 valence electrons. The largest absolute Gasteiger partial charge is 0.399 e. The summed E-state index contributed by atoms with van der Waals surface area (Å²) in [7, 11) is 0. The second kappa shape index (κ2) is 4.63. The van der Waals surface area contributed by atoms with Gasteiger partial charge >= 0.3 is 0 Å². The Morgan fingerprint density at radius 3 is 2.76 bits per heavy atom. The van der Waals surface area contributed by atoms with Crippen LogP contribution in [0.5, 0.6) is 0 Å². The molecule has 0 aliphatic heterocycles. The molecule has 4 aromatic rings. The van der Waals surface area contributed by atoms with E-state index in [0.29, 0.717) is 0 Å². The molecule has 0 spiro atoms. The van der Waals surface area contributed by atoms with E-state index in [9.17, 15) is 0 Å². The average Bonchev–Trinajstić information content (AvgIpc) is 2.89. The van der Waals surface area contributed by atoms with Crippen LogP contribution >= 0.6 is 0 Å². The van der Waals surface area contributed by atoms with Crippen molar-refractivity contribution in [3.63, 3.8) is 0 Å². The highest BCUT2D eigenvalue weighted by atomic mass is 15.0. The lowest BCUT2D eigenvalue weighted by Gasteiger charge is -2.06. The van der Waals surface area contributed by atoms with E-state index >= 15 is 0 Å². The van der Waals surface area contributed by atoms with Crippen LogP contribution < -0.4 is 5.73 Å². The second-order valence-electron chi connectivity index (χ2n) is 5.26. The number of fused-ring (bicyclic) bond motifs is 2. The predicted octanol–water partition coefficient (Wildman–Crippen LogP) is 3.82. The Balaban J connectivity index is 1.75. The third-order valence-electron chi connectivity index (χ3n) is 3.78. The normalized spacial score (nSPS) is 11.2. The van der Waals surface area contributed by atoms with Crippen LogP contribution in [-0.2, 0) is 6.54 Å². The van der Waals surface area contributed by atoms with Gasteiger partial charge in [-0.05, 0) is 36.4 Å². The molecular weight excluding hydrogens is 258 g/mol. The highest BCUT2D eigenvalue weighted by Crippen LogP contribution is 2.20. The number of nitrogens with zero attached hydrogens (tertiary/aromatic N) is 2. The molecule has 0 unspecified atom stereocenters. The van der Waals surface area contributed by atoms with Gasteiger partial charge in [-0.2, -0.15) is 0 Å². The van der Waals surface area contributed by atoms with Crippen LogP contribution in [0.3, 0.4) is 0 Å². The average molecular weight is 273 g/mol. The van der Waals surface area contributed by atoms with Gasteiger partial charge in [-0.1, -0.05) is 24.3 Å². The summed E-state index contributed by atoms with van der Waals surface area (Å²) in [4.78, 5) is 4.73. The van der Waals surface area contributed by atoms with E-state index in [-0.39, 0.29) is 0 Å². The number of benzene rings is 2. The number of pyridine rings is 1. The first-order valence-corrected chi connectivity index (χ1v) is 6.99. The van der Waals surface area contributed by atoms with Gasteiger partial charge in [0.15, 0.2) is 0 Å². The molecule has 2 aromatic carbocycles. The van der Waals surface area contributed by atoms with Crippen molar-refractivity contribution in [3.05, 3.63) is 72.6 Å². The highest BCUT2D eigenvalue weighted by molar-refractivity contribution is 5.83. The molecule has 21 heavy (non-hydrogen) atoms. The number of hydrogen-bond acceptors (Lipinski definition) is 2. The first kappa shape index (κ1) is 12.0. The first-order chi connectivity index (χ1) is 10.3. The molecule has 2 heterocycles. The smallest absolute Gasteiger partial charge is 0.0706 e. The fourth-order valence-electron chi connectivity index (χ4n) is 2.73. The van der Waals surface area contributed by atoms with E-state index in [1.54, 1.807) is 0 Å². The predicted molar refractivity (Wildman–Crippen MR) is 87.2 cm³/mol. The van der Waals surface area contributed by atoms with Crippen molar-refractivity contribution in [2.45, 2.75) is 6.54 Å². The first-order valence-electron chi connectivity index (χ1n) is 6.99. The summed E-state index contributed by atoms with van der Waals surface area (Å²) in [6, 6.07) is 20.5. The maximum atomic E-state index is 5.83. The summed E-state index contributed by atoms with van der Waals surface area (Å²) in [5, 5.41) is 2.34. The van der Waals surface area contributed by atoms with Crippen LogP contribution in [0.1, 0.15) is 5.69 Å². The molecule has 2 aromatic heterocycles. The van der Waals surface area contributed by atoms with Gasteiger partial charge < -0.3 is 10.3 Å². The van der Waals surface area contributed by atoms with Crippen LogP contribution in [0.25, 0.3) is 21.8 Å². The van der Waals surface area contributed by atoms with Gasteiger partial charge in [-0.3, -0.25) is 4.98 Å². The van der Waals surface area contributed by atoms with E-state index < -0.39 is 0 Å². The fourth-order valence-corrected chi connectivity index (χ4v) is 2.73. The van der Waals surface area contributed by atoms with Crippen molar-refractivity contribution in [1.29, 1.82) is 0 Å². The van der Waals surface area contributed by atoms with Crippen molar-refractivity contribution in [2.24, 2.45) is 0 Å². The third-order valence-corrected chi connectivity index (χ3v) is 3.78. The minimum atomic E-state index is 0.762. The third kappa shape index (κ3) is 2.13. The number of para-hydroxylation sites is 1. The molecule has 0 atom stereocenters. The van der Waals surface area contributed by atoms with Crippen molar-refractivity contribution >= 4 is 27.5 Å². The van der Waals surface area contributed by atoms with E-state index in [1.807, 2.05) is 30.3 Å². The molecule has 0 amide bonds. The Labute approximate surface area is 122 Å². The van der Waals surface area contributed by atoms with Crippen LogP contribution in [0.15, 0.2) is 66.9 Å². The van der Waals surface area contributed by atoms with Crippen LogP contribution in [0.2, 0.25) is 0 Å². The fraction of sp³-hybridized carbons (Fsp3) is 0.0556. The zero-order valence-corrected chi connectivity index (χ0v) is 11.5. The molecular formula is C18H15N3. The van der Waals surface area contributed by atoms with Crippen LogP contribution in [0.4, 0.5) is 5.69 Å². The number of aromatic nitrogens is 2. The van der Waals surface area contributed by atoms with Crippen molar-refractivity contribution < 1.29 is 0 Å². The van der Waals surface area contributed by atoms with Gasteiger partial charge in [0, 0.05) is 28.2 Å². The molecule has 3 heteroatoms. The van der Waals surface area contributed by atoms with Gasteiger partial charge in [0.25, 0.3) is 0 Å². The number of nitrogen functional groups attached to an aromatic ring is 1. The van der Waals surface area contributed by atoms with E-state index in [2.05, 4.69) is 41.1 Å². The topological polar surface area (TPSA) is 43.8 Å². The van der Waals surface area contributed by atoms with Crippen LogP contribution in [0, 0.1) is 0 Å². The molecule has 0 bridgehead atoms. The zero-order valence-electron chi connectivity index (χ0n) is 11.5. The summed E-state index contributed by atoms with van der Waals surface area (Å²) in [5.74, 6) is 0. The zero-order chi connectivity index (χ0) is 14.2. The molecule has 0 radical (unpaired) electrons. The summed E-state index contributed by atoms with van der Waals surface area (Å²) in [6.45, 7) is 0.762. The second-order valence-corrected chi connectivity index (χ2v) is 5.26. The van der Waals surface area contributed by atoms with E-state index in [0.717, 1.165) is 28.8 Å². The van der Waals surface area contributed by atoms with Gasteiger partial charge in [-0.15, -0.1) is 0 Å². The Hall–Kier alpha value is -2.81. The lowest BCUT2D eigenvalue weighted by atomic mass is 10.2. The SMILES string of the molecule is Nc1ccc2c(ccn2Cc2ccc3ccccc3n2)c1. The van der Waals surface area contributed by atoms with Crippen LogP contribution in [-0.4, -0.2) is 9.55 Å².